The maximum atomic E-state index is 11.5. The van der Waals surface area contributed by atoms with Gasteiger partial charge in [-0.05, 0) is 29.5 Å². The minimum Gasteiger partial charge on any atom is -0.461 e. The number of carbonyl (C=O) groups excluding carboxylic acids is 1. The molecular formula is C9H11IN2O4. The van der Waals surface area contributed by atoms with Crippen molar-refractivity contribution in [3.05, 3.63) is 19.4 Å². The van der Waals surface area contributed by atoms with E-state index in [0.717, 1.165) is 0 Å². The summed E-state index contributed by atoms with van der Waals surface area (Å²) < 4.78 is 5.28. The smallest absolute Gasteiger partial charge is 0.363 e. The lowest BCUT2D eigenvalue weighted by atomic mass is 10.1. The number of nitrogens with zero attached hydrogens (tertiary/aromatic N) is 2. The lowest BCUT2D eigenvalue weighted by molar-refractivity contribution is -0.415. The fourth-order valence-electron chi connectivity index (χ4n) is 1.26. The molecule has 0 aliphatic carbocycles. The molecule has 0 fully saturated rings. The van der Waals surface area contributed by atoms with E-state index in [1.54, 1.807) is 6.92 Å². The van der Waals surface area contributed by atoms with Crippen molar-refractivity contribution in [3.63, 3.8) is 0 Å². The molecule has 88 valence electrons. The van der Waals surface area contributed by atoms with Gasteiger partial charge in [-0.2, -0.15) is 0 Å². The van der Waals surface area contributed by atoms with Gasteiger partial charge in [0, 0.05) is 12.5 Å². The van der Waals surface area contributed by atoms with Crippen molar-refractivity contribution in [2.75, 3.05) is 13.2 Å². The zero-order chi connectivity index (χ0) is 12.3. The van der Waals surface area contributed by atoms with E-state index < -0.39 is 10.9 Å². The van der Waals surface area contributed by atoms with Gasteiger partial charge in [-0.15, -0.1) is 0 Å². The van der Waals surface area contributed by atoms with Gasteiger partial charge in [0.1, 0.15) is 0 Å². The van der Waals surface area contributed by atoms with Crippen molar-refractivity contribution in [2.24, 2.45) is 10.9 Å². The van der Waals surface area contributed by atoms with E-state index in [9.17, 15) is 14.9 Å². The third-order valence-corrected chi connectivity index (χ3v) is 3.63. The van der Waals surface area contributed by atoms with Crippen molar-refractivity contribution in [3.8, 4) is 0 Å². The first-order valence-electron chi connectivity index (χ1n) is 4.75. The van der Waals surface area contributed by atoms with Crippen LogP contribution in [0.2, 0.25) is 0 Å². The number of ether oxygens (including phenoxy) is 1. The Hall–Kier alpha value is -0.990. The van der Waals surface area contributed by atoms with Crippen LogP contribution in [0.25, 0.3) is 0 Å². The summed E-state index contributed by atoms with van der Waals surface area (Å²) in [5.41, 5.74) is -0.396. The molecule has 0 bridgehead atoms. The van der Waals surface area contributed by atoms with Gasteiger partial charge in [-0.25, -0.2) is 4.79 Å². The van der Waals surface area contributed by atoms with E-state index >= 15 is 0 Å². The minimum absolute atomic E-state index is 0.0285. The standard InChI is InChI=1S/C9H11IN2O4/c1-3-16-9(13)7-8(12(14)15)6(10)5(2)4-11-7/h5H,3-4H2,1-2H3. The van der Waals surface area contributed by atoms with Crippen LogP contribution in [-0.4, -0.2) is 29.8 Å². The Kier molecular flexibility index (Phi) is 4.39. The van der Waals surface area contributed by atoms with Crippen LogP contribution in [0.5, 0.6) is 0 Å². The number of dihydropyridines is 1. The summed E-state index contributed by atoms with van der Waals surface area (Å²) in [7, 11) is 0. The number of aliphatic imine (C=N–C) groups is 1. The van der Waals surface area contributed by atoms with Crippen LogP contribution >= 0.6 is 22.6 Å². The molecule has 1 aliphatic heterocycles. The molecule has 7 heteroatoms. The van der Waals surface area contributed by atoms with Gasteiger partial charge in [0.05, 0.1) is 15.1 Å². The molecule has 0 radical (unpaired) electrons. The maximum absolute atomic E-state index is 11.5. The second-order valence-electron chi connectivity index (χ2n) is 3.26. The number of carbonyl (C=O) groups is 1. The molecule has 0 aromatic heterocycles. The monoisotopic (exact) mass is 338 g/mol. The molecule has 1 unspecified atom stereocenters. The van der Waals surface area contributed by atoms with Gasteiger partial charge in [0.2, 0.25) is 5.71 Å². The van der Waals surface area contributed by atoms with Gasteiger partial charge in [0.25, 0.3) is 0 Å². The third kappa shape index (κ3) is 2.57. The van der Waals surface area contributed by atoms with Crippen molar-refractivity contribution < 1.29 is 14.5 Å². The Morgan fingerprint density at radius 2 is 2.38 bits per heavy atom. The Bertz CT molecular complexity index is 389. The predicted octanol–water partition coefficient (Wildman–Crippen LogP) is 1.56. The molecule has 16 heavy (non-hydrogen) atoms. The first-order valence-corrected chi connectivity index (χ1v) is 5.82. The Balaban J connectivity index is 3.10. The van der Waals surface area contributed by atoms with Crippen LogP contribution in [0.4, 0.5) is 0 Å². The molecule has 1 rings (SSSR count). The average molecular weight is 338 g/mol. The highest BCUT2D eigenvalue weighted by Crippen LogP contribution is 2.28. The fourth-order valence-corrected chi connectivity index (χ4v) is 1.91. The predicted molar refractivity (Wildman–Crippen MR) is 66.1 cm³/mol. The van der Waals surface area contributed by atoms with Crippen LogP contribution in [0.3, 0.4) is 0 Å². The summed E-state index contributed by atoms with van der Waals surface area (Å²) in [4.78, 5) is 25.7. The lowest BCUT2D eigenvalue weighted by Gasteiger charge is -2.15. The van der Waals surface area contributed by atoms with Crippen LogP contribution in [0, 0.1) is 16.0 Å². The Morgan fingerprint density at radius 1 is 1.75 bits per heavy atom. The molecule has 6 nitrogen and oxygen atoms in total. The fraction of sp³-hybridized carbons (Fsp3) is 0.556. The highest BCUT2D eigenvalue weighted by atomic mass is 127. The zero-order valence-corrected chi connectivity index (χ0v) is 11.1. The largest absolute Gasteiger partial charge is 0.461 e. The second kappa shape index (κ2) is 5.37. The van der Waals surface area contributed by atoms with Crippen molar-refractivity contribution in [1.82, 2.24) is 0 Å². The molecule has 0 amide bonds. The maximum Gasteiger partial charge on any atom is 0.363 e. The first-order chi connectivity index (χ1) is 7.49. The highest BCUT2D eigenvalue weighted by Gasteiger charge is 2.35. The zero-order valence-electron chi connectivity index (χ0n) is 8.90. The molecule has 0 saturated heterocycles. The number of halogens is 1. The van der Waals surface area contributed by atoms with Crippen molar-refractivity contribution in [1.29, 1.82) is 0 Å². The van der Waals surface area contributed by atoms with E-state index in [1.807, 2.05) is 29.5 Å². The highest BCUT2D eigenvalue weighted by molar-refractivity contribution is 14.1. The van der Waals surface area contributed by atoms with Gasteiger partial charge < -0.3 is 4.74 Å². The quantitative estimate of drug-likeness (QED) is 0.338. The lowest BCUT2D eigenvalue weighted by Crippen LogP contribution is -2.29. The molecule has 0 spiro atoms. The summed E-state index contributed by atoms with van der Waals surface area (Å²) >= 11 is 1.89. The van der Waals surface area contributed by atoms with Gasteiger partial charge in [0.15, 0.2) is 0 Å². The molecule has 0 N–H and O–H groups in total. The van der Waals surface area contributed by atoms with E-state index in [-0.39, 0.29) is 23.9 Å². The molecule has 1 aliphatic rings. The third-order valence-electron chi connectivity index (χ3n) is 2.06. The second-order valence-corrected chi connectivity index (χ2v) is 4.43. The van der Waals surface area contributed by atoms with E-state index in [0.29, 0.717) is 10.1 Å². The van der Waals surface area contributed by atoms with E-state index in [4.69, 9.17) is 4.74 Å². The molecular weight excluding hydrogens is 327 g/mol. The van der Waals surface area contributed by atoms with E-state index in [1.165, 1.54) is 0 Å². The Labute approximate surface area is 106 Å². The summed E-state index contributed by atoms with van der Waals surface area (Å²) in [6, 6.07) is 0. The SMILES string of the molecule is CCOC(=O)C1=NCC(C)C(I)=C1[N+](=O)[O-]. The minimum atomic E-state index is -0.727. The van der Waals surface area contributed by atoms with E-state index in [2.05, 4.69) is 4.99 Å². The summed E-state index contributed by atoms with van der Waals surface area (Å²) in [6.07, 6.45) is 0. The molecule has 0 aromatic carbocycles. The van der Waals surface area contributed by atoms with Gasteiger partial charge in [-0.1, -0.05) is 6.92 Å². The van der Waals surface area contributed by atoms with Crippen LogP contribution < -0.4 is 0 Å². The van der Waals surface area contributed by atoms with Gasteiger partial charge in [-0.3, -0.25) is 15.1 Å². The van der Waals surface area contributed by atoms with Crippen molar-refractivity contribution >= 4 is 34.3 Å². The number of nitro groups is 1. The number of rotatable bonds is 3. The number of hydrogen-bond donors (Lipinski definition) is 0. The molecule has 0 saturated carbocycles. The average Bonchev–Trinajstić information content (AvgIpc) is 2.21. The number of hydrogen-bond acceptors (Lipinski definition) is 5. The molecule has 1 heterocycles. The molecule has 0 aromatic rings. The summed E-state index contributed by atoms with van der Waals surface area (Å²) in [5, 5.41) is 10.9. The van der Waals surface area contributed by atoms with Gasteiger partial charge >= 0.3 is 11.7 Å². The van der Waals surface area contributed by atoms with Crippen LogP contribution in [0.1, 0.15) is 13.8 Å². The first kappa shape index (κ1) is 13.1. The van der Waals surface area contributed by atoms with Crippen LogP contribution in [0.15, 0.2) is 14.3 Å². The van der Waals surface area contributed by atoms with Crippen molar-refractivity contribution in [2.45, 2.75) is 13.8 Å². The normalized spacial score (nSPS) is 20.4. The summed E-state index contributed by atoms with van der Waals surface area (Å²) in [5.74, 6) is -0.755. The molecule has 1 atom stereocenters. The summed E-state index contributed by atoms with van der Waals surface area (Å²) in [6.45, 7) is 4.03. The van der Waals surface area contributed by atoms with Crippen LogP contribution in [-0.2, 0) is 9.53 Å². The number of esters is 1. The topological polar surface area (TPSA) is 81.8 Å². The Morgan fingerprint density at radius 3 is 2.88 bits per heavy atom.